The Bertz CT molecular complexity index is 495. The summed E-state index contributed by atoms with van der Waals surface area (Å²) >= 11 is 0. The van der Waals surface area contributed by atoms with E-state index in [4.69, 9.17) is 9.84 Å². The quantitative estimate of drug-likeness (QED) is 0.618. The molecule has 5 nitrogen and oxygen atoms in total. The Hall–Kier alpha value is -1.36. The van der Waals surface area contributed by atoms with Crippen LogP contribution in [-0.4, -0.2) is 33.9 Å². The van der Waals surface area contributed by atoms with Gasteiger partial charge in [0, 0.05) is 18.9 Å². The molecule has 2 unspecified atom stereocenters. The lowest BCUT2D eigenvalue weighted by molar-refractivity contribution is -0.179. The maximum absolute atomic E-state index is 11.2. The highest BCUT2D eigenvalue weighted by atomic mass is 16.5. The Balaban J connectivity index is 2.19. The van der Waals surface area contributed by atoms with Crippen LogP contribution in [0.4, 0.5) is 0 Å². The van der Waals surface area contributed by atoms with Crippen molar-refractivity contribution in [3.63, 3.8) is 0 Å². The van der Waals surface area contributed by atoms with E-state index in [-0.39, 0.29) is 34.9 Å². The van der Waals surface area contributed by atoms with Gasteiger partial charge >= 0.3 is 11.9 Å². The zero-order chi connectivity index (χ0) is 16.7. The monoisotopic (exact) mass is 310 g/mol. The molecule has 0 saturated heterocycles. The van der Waals surface area contributed by atoms with Crippen LogP contribution in [0.5, 0.6) is 0 Å². The van der Waals surface area contributed by atoms with E-state index in [9.17, 15) is 14.7 Å². The average molecular weight is 310 g/mol. The summed E-state index contributed by atoms with van der Waals surface area (Å²) in [6.45, 7) is 8.96. The minimum absolute atomic E-state index is 0.0124. The van der Waals surface area contributed by atoms with Crippen LogP contribution in [0.2, 0.25) is 0 Å². The number of esters is 1. The number of carbonyl (C=O) groups is 2. The van der Waals surface area contributed by atoms with Gasteiger partial charge in [-0.05, 0) is 49.9 Å². The zero-order valence-corrected chi connectivity index (χ0v) is 13.6. The third kappa shape index (κ3) is 3.19. The van der Waals surface area contributed by atoms with E-state index in [0.29, 0.717) is 12.8 Å². The van der Waals surface area contributed by atoms with Crippen LogP contribution in [0.25, 0.3) is 0 Å². The highest BCUT2D eigenvalue weighted by Crippen LogP contribution is 2.56. The van der Waals surface area contributed by atoms with Crippen molar-refractivity contribution in [3.8, 4) is 0 Å². The first-order chi connectivity index (χ1) is 10.0. The van der Waals surface area contributed by atoms with E-state index in [2.05, 4.69) is 13.5 Å². The summed E-state index contributed by atoms with van der Waals surface area (Å²) in [5.41, 5.74) is -0.873. The molecular weight excluding hydrogens is 284 g/mol. The number of rotatable bonds is 3. The number of ether oxygens (including phenoxy) is 1. The molecule has 0 amide bonds. The minimum atomic E-state index is -0.968. The van der Waals surface area contributed by atoms with E-state index < -0.39 is 11.6 Å². The predicted molar refractivity (Wildman–Crippen MR) is 81.1 cm³/mol. The molecule has 2 aliphatic rings. The molecule has 0 aliphatic heterocycles. The number of carboxylic acids is 1. The number of hydrogen-bond acceptors (Lipinski definition) is 4. The molecule has 5 atom stereocenters. The van der Waals surface area contributed by atoms with E-state index >= 15 is 0 Å². The topological polar surface area (TPSA) is 83.8 Å². The Labute approximate surface area is 131 Å². The van der Waals surface area contributed by atoms with Crippen molar-refractivity contribution in [1.29, 1.82) is 0 Å². The Morgan fingerprint density at radius 2 is 1.91 bits per heavy atom. The summed E-state index contributed by atoms with van der Waals surface area (Å²) < 4.78 is 5.34. The molecule has 2 rings (SSSR count). The smallest absolute Gasteiger partial charge is 0.331 e. The van der Waals surface area contributed by atoms with Crippen LogP contribution in [0.15, 0.2) is 12.2 Å². The van der Waals surface area contributed by atoms with Crippen LogP contribution in [0, 0.1) is 17.3 Å². The number of fused-ring (bicyclic) bond motifs is 1. The van der Waals surface area contributed by atoms with Crippen LogP contribution in [0.3, 0.4) is 0 Å². The van der Waals surface area contributed by atoms with Crippen LogP contribution in [0.1, 0.15) is 52.9 Å². The highest BCUT2D eigenvalue weighted by Gasteiger charge is 2.54. The summed E-state index contributed by atoms with van der Waals surface area (Å²) in [7, 11) is 0. The van der Waals surface area contributed by atoms with Crippen molar-refractivity contribution in [3.05, 3.63) is 12.2 Å². The van der Waals surface area contributed by atoms with Crippen molar-refractivity contribution in [1.82, 2.24) is 0 Å². The van der Waals surface area contributed by atoms with Gasteiger partial charge in [-0.25, -0.2) is 4.79 Å². The molecule has 2 saturated carbocycles. The van der Waals surface area contributed by atoms with Gasteiger partial charge in [0.05, 0.1) is 5.60 Å². The summed E-state index contributed by atoms with van der Waals surface area (Å²) in [6.07, 6.45) is 3.04. The van der Waals surface area contributed by atoms with E-state index in [1.807, 2.05) is 0 Å². The normalized spacial score (nSPS) is 41.4. The average Bonchev–Trinajstić information content (AvgIpc) is 2.35. The fourth-order valence-corrected chi connectivity index (χ4v) is 4.62. The molecule has 5 heteroatoms. The van der Waals surface area contributed by atoms with Crippen LogP contribution < -0.4 is 0 Å². The van der Waals surface area contributed by atoms with Crippen LogP contribution >= 0.6 is 0 Å². The van der Waals surface area contributed by atoms with Crippen molar-refractivity contribution in [2.45, 2.75) is 64.6 Å². The molecule has 0 bridgehead atoms. The van der Waals surface area contributed by atoms with Gasteiger partial charge < -0.3 is 14.9 Å². The fourth-order valence-electron chi connectivity index (χ4n) is 4.62. The Kier molecular flexibility index (Phi) is 4.39. The van der Waals surface area contributed by atoms with Crippen molar-refractivity contribution in [2.75, 3.05) is 0 Å². The third-order valence-electron chi connectivity index (χ3n) is 5.61. The summed E-state index contributed by atoms with van der Waals surface area (Å²) in [6, 6.07) is 0. The van der Waals surface area contributed by atoms with Gasteiger partial charge in [-0.2, -0.15) is 0 Å². The molecule has 124 valence electrons. The second kappa shape index (κ2) is 5.69. The van der Waals surface area contributed by atoms with Crippen molar-refractivity contribution < 1.29 is 24.5 Å². The predicted octanol–water partition coefficient (Wildman–Crippen LogP) is 2.53. The molecule has 2 aliphatic carbocycles. The number of aliphatic carboxylic acids is 1. The number of carbonyl (C=O) groups excluding carboxylic acids is 1. The van der Waals surface area contributed by atoms with Crippen molar-refractivity contribution >= 4 is 11.9 Å². The third-order valence-corrected chi connectivity index (χ3v) is 5.61. The second-order valence-electron chi connectivity index (χ2n) is 7.51. The van der Waals surface area contributed by atoms with E-state index in [1.54, 1.807) is 6.92 Å². The lowest BCUT2D eigenvalue weighted by Crippen LogP contribution is -2.55. The minimum Gasteiger partial charge on any atom is -0.478 e. The lowest BCUT2D eigenvalue weighted by Gasteiger charge is -2.55. The summed E-state index contributed by atoms with van der Waals surface area (Å²) in [5.74, 6) is -1.38. The SMILES string of the molecule is C=C(C(=O)O)C1CC[C@@]2(C)C[C@@H](OC(C)=O)C[C@@](C)(O)C2C1. The van der Waals surface area contributed by atoms with Gasteiger partial charge in [-0.15, -0.1) is 0 Å². The Morgan fingerprint density at radius 3 is 2.45 bits per heavy atom. The highest BCUT2D eigenvalue weighted by molar-refractivity contribution is 5.86. The lowest BCUT2D eigenvalue weighted by atomic mass is 9.52. The van der Waals surface area contributed by atoms with Gasteiger partial charge in [0.15, 0.2) is 0 Å². The standard InChI is InChI=1S/C17H26O5/c1-10(15(19)20)12-5-6-16(3)8-13(22-11(2)18)9-17(4,21)14(16)7-12/h12-14,21H,1,5-9H2,2-4H3,(H,19,20)/t12?,13-,14?,16+,17-/m1/s1. The van der Waals surface area contributed by atoms with Gasteiger partial charge in [-0.1, -0.05) is 13.5 Å². The first-order valence-corrected chi connectivity index (χ1v) is 7.87. The summed E-state index contributed by atoms with van der Waals surface area (Å²) in [5, 5.41) is 20.0. The largest absolute Gasteiger partial charge is 0.478 e. The molecule has 0 spiro atoms. The summed E-state index contributed by atoms with van der Waals surface area (Å²) in [4.78, 5) is 22.4. The first kappa shape index (κ1) is 17.0. The van der Waals surface area contributed by atoms with Gasteiger partial charge in [0.1, 0.15) is 6.10 Å². The fraction of sp³-hybridized carbons (Fsp3) is 0.765. The molecule has 2 N–H and O–H groups in total. The van der Waals surface area contributed by atoms with E-state index in [0.717, 1.165) is 19.3 Å². The molecular formula is C17H26O5. The number of hydrogen-bond donors (Lipinski definition) is 2. The van der Waals surface area contributed by atoms with Crippen molar-refractivity contribution in [2.24, 2.45) is 17.3 Å². The molecule has 0 heterocycles. The van der Waals surface area contributed by atoms with E-state index in [1.165, 1.54) is 6.92 Å². The molecule has 0 aromatic carbocycles. The molecule has 2 fully saturated rings. The second-order valence-corrected chi connectivity index (χ2v) is 7.51. The number of carboxylic acid groups (broad SMARTS) is 1. The molecule has 0 radical (unpaired) electrons. The molecule has 0 aromatic rings. The van der Waals surface area contributed by atoms with Gasteiger partial charge in [0.2, 0.25) is 0 Å². The van der Waals surface area contributed by atoms with Gasteiger partial charge in [-0.3, -0.25) is 4.79 Å². The first-order valence-electron chi connectivity index (χ1n) is 7.87. The maximum atomic E-state index is 11.2. The number of aliphatic hydroxyl groups is 1. The van der Waals surface area contributed by atoms with Gasteiger partial charge in [0.25, 0.3) is 0 Å². The maximum Gasteiger partial charge on any atom is 0.331 e. The molecule has 0 aromatic heterocycles. The zero-order valence-electron chi connectivity index (χ0n) is 13.6. The Morgan fingerprint density at radius 1 is 1.27 bits per heavy atom. The van der Waals surface area contributed by atoms with Crippen LogP contribution in [-0.2, 0) is 14.3 Å². The molecule has 22 heavy (non-hydrogen) atoms.